The van der Waals surface area contributed by atoms with Gasteiger partial charge in [-0.15, -0.1) is 0 Å². The van der Waals surface area contributed by atoms with Crippen molar-refractivity contribution in [2.45, 2.75) is 39.9 Å². The second-order valence-corrected chi connectivity index (χ2v) is 4.33. The van der Waals surface area contributed by atoms with Crippen LogP contribution in [-0.2, 0) is 11.3 Å². The van der Waals surface area contributed by atoms with Crippen molar-refractivity contribution in [2.24, 2.45) is 5.92 Å². The highest BCUT2D eigenvalue weighted by Gasteiger charge is 2.05. The summed E-state index contributed by atoms with van der Waals surface area (Å²) in [6, 6.07) is 3.63. The van der Waals surface area contributed by atoms with Crippen LogP contribution in [0.1, 0.15) is 32.9 Å². The Kier molecular flexibility index (Phi) is 4.56. The van der Waals surface area contributed by atoms with Gasteiger partial charge in [-0.2, -0.15) is 0 Å². The third-order valence-electron chi connectivity index (χ3n) is 2.16. The summed E-state index contributed by atoms with van der Waals surface area (Å²) in [6.45, 7) is 7.02. The van der Waals surface area contributed by atoms with E-state index in [1.807, 2.05) is 6.07 Å². The van der Waals surface area contributed by atoms with Crippen LogP contribution in [0, 0.1) is 5.92 Å². The van der Waals surface area contributed by atoms with Crippen LogP contribution in [0.25, 0.3) is 0 Å². The largest absolute Gasteiger partial charge is 0.399 e. The number of nitrogens with two attached hydrogens (primary N) is 1. The zero-order valence-electron chi connectivity index (χ0n) is 9.73. The number of aromatic nitrogens is 1. The molecule has 1 aromatic rings. The van der Waals surface area contributed by atoms with Gasteiger partial charge in [0.1, 0.15) is 0 Å². The third kappa shape index (κ3) is 4.79. The molecule has 0 aliphatic carbocycles. The molecule has 0 aliphatic rings. The van der Waals surface area contributed by atoms with Crippen molar-refractivity contribution in [1.29, 1.82) is 0 Å². The van der Waals surface area contributed by atoms with Crippen molar-refractivity contribution < 1.29 is 4.74 Å². The molecule has 0 radical (unpaired) electrons. The van der Waals surface area contributed by atoms with E-state index >= 15 is 0 Å². The maximum atomic E-state index is 5.68. The molecule has 1 atom stereocenters. The highest BCUT2D eigenvalue weighted by molar-refractivity contribution is 5.36. The number of pyridine rings is 1. The van der Waals surface area contributed by atoms with Gasteiger partial charge in [0, 0.05) is 11.9 Å². The molecular formula is C12H20N2O. The van der Waals surface area contributed by atoms with Crippen LogP contribution in [-0.4, -0.2) is 11.1 Å². The maximum absolute atomic E-state index is 5.68. The van der Waals surface area contributed by atoms with E-state index in [9.17, 15) is 0 Å². The van der Waals surface area contributed by atoms with Crippen LogP contribution in [0.3, 0.4) is 0 Å². The number of rotatable bonds is 5. The third-order valence-corrected chi connectivity index (χ3v) is 2.16. The van der Waals surface area contributed by atoms with Crippen molar-refractivity contribution in [3.05, 3.63) is 24.0 Å². The molecule has 3 nitrogen and oxygen atoms in total. The molecule has 0 amide bonds. The van der Waals surface area contributed by atoms with E-state index in [-0.39, 0.29) is 6.10 Å². The van der Waals surface area contributed by atoms with Crippen molar-refractivity contribution in [3.63, 3.8) is 0 Å². The minimum absolute atomic E-state index is 0.272. The summed E-state index contributed by atoms with van der Waals surface area (Å²) in [6.07, 6.45) is 3.05. The molecule has 0 aliphatic heterocycles. The average molecular weight is 208 g/mol. The van der Waals surface area contributed by atoms with E-state index in [0.717, 1.165) is 17.8 Å². The van der Waals surface area contributed by atoms with Crippen LogP contribution >= 0.6 is 0 Å². The zero-order valence-corrected chi connectivity index (χ0v) is 9.73. The van der Waals surface area contributed by atoms with E-state index in [4.69, 9.17) is 10.5 Å². The van der Waals surface area contributed by atoms with Crippen molar-refractivity contribution in [1.82, 2.24) is 4.98 Å². The summed E-state index contributed by atoms with van der Waals surface area (Å²) in [5.74, 6) is 0.661. The Labute approximate surface area is 91.7 Å². The van der Waals surface area contributed by atoms with Gasteiger partial charge in [0.25, 0.3) is 0 Å². The van der Waals surface area contributed by atoms with E-state index in [0.29, 0.717) is 12.5 Å². The Hall–Kier alpha value is -1.09. The predicted octanol–water partition coefficient (Wildman–Crippen LogP) is 2.62. The lowest BCUT2D eigenvalue weighted by Crippen LogP contribution is -2.11. The summed E-state index contributed by atoms with van der Waals surface area (Å²) >= 11 is 0. The molecule has 1 aromatic heterocycles. The van der Waals surface area contributed by atoms with Crippen LogP contribution in [0.2, 0.25) is 0 Å². The molecule has 3 heteroatoms. The molecule has 15 heavy (non-hydrogen) atoms. The molecule has 1 rings (SSSR count). The Morgan fingerprint density at radius 1 is 1.40 bits per heavy atom. The highest BCUT2D eigenvalue weighted by Crippen LogP contribution is 2.10. The first-order valence-electron chi connectivity index (χ1n) is 5.40. The molecule has 0 aromatic carbocycles. The second-order valence-electron chi connectivity index (χ2n) is 4.33. The van der Waals surface area contributed by atoms with Crippen LogP contribution in [0.15, 0.2) is 18.3 Å². The van der Waals surface area contributed by atoms with Gasteiger partial charge in [0.05, 0.1) is 18.4 Å². The summed E-state index contributed by atoms with van der Waals surface area (Å²) in [5.41, 5.74) is 7.28. The molecule has 1 unspecified atom stereocenters. The van der Waals surface area contributed by atoms with Crippen molar-refractivity contribution >= 4 is 5.69 Å². The Bertz CT molecular complexity index is 299. The molecule has 0 spiro atoms. The first-order chi connectivity index (χ1) is 7.08. The van der Waals surface area contributed by atoms with Crippen LogP contribution < -0.4 is 5.73 Å². The molecular weight excluding hydrogens is 188 g/mol. The number of nitrogen functional groups attached to an aromatic ring is 1. The fourth-order valence-electron chi connectivity index (χ4n) is 1.54. The monoisotopic (exact) mass is 208 g/mol. The summed E-state index contributed by atoms with van der Waals surface area (Å²) in [5, 5.41) is 0. The van der Waals surface area contributed by atoms with Gasteiger partial charge in [-0.3, -0.25) is 4.98 Å². The van der Waals surface area contributed by atoms with Crippen LogP contribution in [0.5, 0.6) is 0 Å². The zero-order chi connectivity index (χ0) is 11.3. The molecule has 0 saturated heterocycles. The predicted molar refractivity (Wildman–Crippen MR) is 62.4 cm³/mol. The Morgan fingerprint density at radius 3 is 2.73 bits per heavy atom. The first-order valence-corrected chi connectivity index (χ1v) is 5.40. The van der Waals surface area contributed by atoms with E-state index < -0.39 is 0 Å². The molecule has 0 saturated carbocycles. The van der Waals surface area contributed by atoms with Gasteiger partial charge >= 0.3 is 0 Å². The quantitative estimate of drug-likeness (QED) is 0.809. The van der Waals surface area contributed by atoms with Gasteiger partial charge in [0.15, 0.2) is 0 Å². The lowest BCUT2D eigenvalue weighted by atomic mass is 10.1. The number of nitrogens with zero attached hydrogens (tertiary/aromatic N) is 1. The lowest BCUT2D eigenvalue weighted by Gasteiger charge is -2.14. The molecule has 84 valence electrons. The van der Waals surface area contributed by atoms with Crippen molar-refractivity contribution in [3.8, 4) is 0 Å². The van der Waals surface area contributed by atoms with Crippen LogP contribution in [0.4, 0.5) is 5.69 Å². The fourth-order valence-corrected chi connectivity index (χ4v) is 1.54. The van der Waals surface area contributed by atoms with Gasteiger partial charge in [-0.05, 0) is 31.4 Å². The first kappa shape index (κ1) is 12.0. The van der Waals surface area contributed by atoms with E-state index in [2.05, 4.69) is 25.8 Å². The van der Waals surface area contributed by atoms with Gasteiger partial charge < -0.3 is 10.5 Å². The topological polar surface area (TPSA) is 48.1 Å². The lowest BCUT2D eigenvalue weighted by molar-refractivity contribution is 0.0379. The highest BCUT2D eigenvalue weighted by atomic mass is 16.5. The van der Waals surface area contributed by atoms with Gasteiger partial charge in [-0.25, -0.2) is 0 Å². The number of hydrogen-bond donors (Lipinski definition) is 1. The fraction of sp³-hybridized carbons (Fsp3) is 0.583. The molecule has 2 N–H and O–H groups in total. The SMILES string of the molecule is CC(C)CC(C)OCc1cc(N)ccn1. The average Bonchev–Trinajstić information content (AvgIpc) is 2.14. The van der Waals surface area contributed by atoms with E-state index in [1.54, 1.807) is 12.3 Å². The number of ether oxygens (including phenoxy) is 1. The number of hydrogen-bond acceptors (Lipinski definition) is 3. The van der Waals surface area contributed by atoms with Crippen molar-refractivity contribution in [2.75, 3.05) is 5.73 Å². The molecule has 0 bridgehead atoms. The smallest absolute Gasteiger partial charge is 0.0892 e. The molecule has 1 heterocycles. The molecule has 0 fully saturated rings. The summed E-state index contributed by atoms with van der Waals surface area (Å²) in [4.78, 5) is 4.19. The summed E-state index contributed by atoms with van der Waals surface area (Å²) in [7, 11) is 0. The standard InChI is InChI=1S/C12H20N2O/c1-9(2)6-10(3)15-8-12-7-11(13)4-5-14-12/h4-5,7,9-10H,6,8H2,1-3H3,(H2,13,14). The number of anilines is 1. The van der Waals surface area contributed by atoms with Gasteiger partial charge in [0.2, 0.25) is 0 Å². The Balaban J connectivity index is 2.36. The maximum Gasteiger partial charge on any atom is 0.0892 e. The van der Waals surface area contributed by atoms with E-state index in [1.165, 1.54) is 0 Å². The minimum Gasteiger partial charge on any atom is -0.399 e. The summed E-state index contributed by atoms with van der Waals surface area (Å²) < 4.78 is 5.68. The minimum atomic E-state index is 0.272. The normalized spacial score (nSPS) is 13.1. The Morgan fingerprint density at radius 2 is 2.13 bits per heavy atom. The van der Waals surface area contributed by atoms with Gasteiger partial charge in [-0.1, -0.05) is 13.8 Å². The second kappa shape index (κ2) is 5.71.